The first kappa shape index (κ1) is 12.8. The molecule has 0 amide bonds. The molecular weight excluding hydrogens is 288 g/mol. The van der Waals surface area contributed by atoms with E-state index in [1.54, 1.807) is 0 Å². The number of carbonyl (C=O) groups is 1. The van der Waals surface area contributed by atoms with Crippen molar-refractivity contribution in [1.82, 2.24) is 4.98 Å². The molecule has 0 fully saturated rings. The molecule has 1 aromatic heterocycles. The molecule has 16 heavy (non-hydrogen) atoms. The van der Waals surface area contributed by atoms with Crippen molar-refractivity contribution in [1.29, 1.82) is 0 Å². The molecule has 2 N–H and O–H groups in total. The highest BCUT2D eigenvalue weighted by Gasteiger charge is 2.23. The fourth-order valence-corrected chi connectivity index (χ4v) is 1.75. The fraction of sp³-hybridized carbons (Fsp3) is 0.333. The topological polar surface area (TPSA) is 70.4 Å². The van der Waals surface area contributed by atoms with Gasteiger partial charge in [-0.05, 0) is 0 Å². The Bertz CT molecular complexity index is 412. The second-order valence-electron chi connectivity index (χ2n) is 2.99. The molecule has 0 bridgehead atoms. The van der Waals surface area contributed by atoms with Crippen LogP contribution in [-0.4, -0.2) is 21.2 Å². The van der Waals surface area contributed by atoms with Crippen molar-refractivity contribution in [3.05, 3.63) is 23.0 Å². The van der Waals surface area contributed by atoms with Crippen molar-refractivity contribution in [3.8, 4) is 5.75 Å². The summed E-state index contributed by atoms with van der Waals surface area (Å²) in [5.74, 6) is -1.81. The number of aliphatic carboxylic acids is 1. The number of aromatic hydroxyl groups is 1. The van der Waals surface area contributed by atoms with Gasteiger partial charge in [0, 0.05) is 16.5 Å². The van der Waals surface area contributed by atoms with Crippen molar-refractivity contribution in [2.45, 2.75) is 18.2 Å². The molecule has 0 saturated heterocycles. The summed E-state index contributed by atoms with van der Waals surface area (Å²) in [6.07, 6.45) is -2.56. The third-order valence-electron chi connectivity index (χ3n) is 1.96. The second kappa shape index (κ2) is 5.20. The SMILES string of the molecule is O=C(O)Cc1c(O)cnc(CBr)c1C(F)F. The van der Waals surface area contributed by atoms with E-state index < -0.39 is 30.1 Å². The van der Waals surface area contributed by atoms with Gasteiger partial charge in [0.25, 0.3) is 6.43 Å². The van der Waals surface area contributed by atoms with Crippen LogP contribution in [0.5, 0.6) is 5.75 Å². The monoisotopic (exact) mass is 295 g/mol. The van der Waals surface area contributed by atoms with Crippen LogP contribution < -0.4 is 0 Å². The second-order valence-corrected chi connectivity index (χ2v) is 3.55. The number of halogens is 3. The van der Waals surface area contributed by atoms with Gasteiger partial charge in [0.2, 0.25) is 0 Å². The van der Waals surface area contributed by atoms with E-state index >= 15 is 0 Å². The molecule has 88 valence electrons. The zero-order valence-corrected chi connectivity index (χ0v) is 9.54. The van der Waals surface area contributed by atoms with Gasteiger partial charge in [-0.2, -0.15) is 0 Å². The molecule has 1 aromatic rings. The number of alkyl halides is 3. The maximum absolute atomic E-state index is 12.7. The minimum Gasteiger partial charge on any atom is -0.506 e. The van der Waals surface area contributed by atoms with Crippen LogP contribution in [0.3, 0.4) is 0 Å². The smallest absolute Gasteiger partial charge is 0.307 e. The summed E-state index contributed by atoms with van der Waals surface area (Å²) in [5, 5.41) is 18.0. The Balaban J connectivity index is 3.35. The van der Waals surface area contributed by atoms with Gasteiger partial charge in [-0.15, -0.1) is 0 Å². The molecule has 0 aromatic carbocycles. The van der Waals surface area contributed by atoms with Gasteiger partial charge in [-0.1, -0.05) is 15.9 Å². The van der Waals surface area contributed by atoms with Crippen molar-refractivity contribution in [2.24, 2.45) is 0 Å². The third kappa shape index (κ3) is 2.66. The Morgan fingerprint density at radius 2 is 2.19 bits per heavy atom. The van der Waals surface area contributed by atoms with E-state index in [4.69, 9.17) is 5.11 Å². The van der Waals surface area contributed by atoms with Crippen molar-refractivity contribution in [2.75, 3.05) is 0 Å². The summed E-state index contributed by atoms with van der Waals surface area (Å²) >= 11 is 2.98. The van der Waals surface area contributed by atoms with Crippen LogP contribution in [0.4, 0.5) is 8.78 Å². The van der Waals surface area contributed by atoms with Crippen LogP contribution in [-0.2, 0) is 16.5 Å². The highest BCUT2D eigenvalue weighted by molar-refractivity contribution is 9.08. The van der Waals surface area contributed by atoms with E-state index in [1.165, 1.54) is 0 Å². The van der Waals surface area contributed by atoms with E-state index in [-0.39, 0.29) is 16.6 Å². The zero-order valence-electron chi connectivity index (χ0n) is 7.95. The normalized spacial score (nSPS) is 10.8. The number of rotatable bonds is 4. The predicted octanol–water partition coefficient (Wildman–Crippen LogP) is 2.25. The Morgan fingerprint density at radius 1 is 1.56 bits per heavy atom. The molecule has 0 saturated carbocycles. The fourth-order valence-electron chi connectivity index (χ4n) is 1.30. The number of aromatic nitrogens is 1. The number of hydrogen-bond donors (Lipinski definition) is 2. The Labute approximate surface area is 98.1 Å². The van der Waals surface area contributed by atoms with E-state index in [0.29, 0.717) is 0 Å². The molecular formula is C9H8BrF2NO3. The standard InChI is InChI=1S/C9H8BrF2NO3/c10-2-5-8(9(11)12)4(1-7(15)16)6(14)3-13-5/h3,9,14H,1-2H2,(H,15,16). The van der Waals surface area contributed by atoms with Crippen LogP contribution in [0.15, 0.2) is 6.20 Å². The third-order valence-corrected chi connectivity index (χ3v) is 2.49. The number of carboxylic acids is 1. The van der Waals surface area contributed by atoms with Crippen LogP contribution in [0.1, 0.15) is 23.2 Å². The molecule has 0 unspecified atom stereocenters. The molecule has 1 rings (SSSR count). The van der Waals surface area contributed by atoms with Crippen molar-refractivity contribution in [3.63, 3.8) is 0 Å². The van der Waals surface area contributed by atoms with Crippen LogP contribution in [0.25, 0.3) is 0 Å². The lowest BCUT2D eigenvalue weighted by molar-refractivity contribution is -0.136. The summed E-state index contributed by atoms with van der Waals surface area (Å²) < 4.78 is 25.5. The summed E-state index contributed by atoms with van der Waals surface area (Å²) in [4.78, 5) is 14.1. The van der Waals surface area contributed by atoms with Gasteiger partial charge in [-0.3, -0.25) is 9.78 Å². The van der Waals surface area contributed by atoms with Crippen LogP contribution >= 0.6 is 15.9 Å². The van der Waals surface area contributed by atoms with Crippen LogP contribution in [0, 0.1) is 0 Å². The van der Waals surface area contributed by atoms with E-state index in [2.05, 4.69) is 20.9 Å². The highest BCUT2D eigenvalue weighted by Crippen LogP contribution is 2.32. The summed E-state index contributed by atoms with van der Waals surface area (Å²) in [6.45, 7) is 0. The van der Waals surface area contributed by atoms with Gasteiger partial charge in [0.15, 0.2) is 0 Å². The van der Waals surface area contributed by atoms with Gasteiger partial charge >= 0.3 is 5.97 Å². The highest BCUT2D eigenvalue weighted by atomic mass is 79.9. The first-order chi connectivity index (χ1) is 7.47. The molecule has 0 aliphatic rings. The quantitative estimate of drug-likeness (QED) is 0.836. The first-order valence-corrected chi connectivity index (χ1v) is 5.35. The molecule has 4 nitrogen and oxygen atoms in total. The average molecular weight is 296 g/mol. The van der Waals surface area contributed by atoms with E-state index in [9.17, 15) is 18.7 Å². The molecule has 0 radical (unpaired) electrons. The maximum atomic E-state index is 12.7. The minimum atomic E-state index is -2.87. The number of carboxylic acid groups (broad SMARTS) is 1. The average Bonchev–Trinajstić information content (AvgIpc) is 2.19. The molecule has 7 heteroatoms. The van der Waals surface area contributed by atoms with Gasteiger partial charge in [-0.25, -0.2) is 8.78 Å². The zero-order chi connectivity index (χ0) is 12.3. The maximum Gasteiger partial charge on any atom is 0.307 e. The van der Waals surface area contributed by atoms with Gasteiger partial charge < -0.3 is 10.2 Å². The summed E-state index contributed by atoms with van der Waals surface area (Å²) in [6, 6.07) is 0. The summed E-state index contributed by atoms with van der Waals surface area (Å²) in [5.41, 5.74) is -0.768. The lowest BCUT2D eigenvalue weighted by Crippen LogP contribution is -2.08. The van der Waals surface area contributed by atoms with E-state index in [1.807, 2.05) is 0 Å². The lowest BCUT2D eigenvalue weighted by Gasteiger charge is -2.12. The molecule has 0 aliphatic heterocycles. The largest absolute Gasteiger partial charge is 0.506 e. The van der Waals surface area contributed by atoms with E-state index in [0.717, 1.165) is 6.20 Å². The van der Waals surface area contributed by atoms with Crippen molar-refractivity contribution >= 4 is 21.9 Å². The lowest BCUT2D eigenvalue weighted by atomic mass is 10.0. The number of pyridine rings is 1. The molecule has 1 heterocycles. The van der Waals surface area contributed by atoms with Gasteiger partial charge in [0.05, 0.1) is 18.3 Å². The Morgan fingerprint density at radius 3 is 2.62 bits per heavy atom. The Hall–Kier alpha value is -1.24. The Kier molecular flexibility index (Phi) is 4.17. The molecule has 0 spiro atoms. The molecule has 0 atom stereocenters. The number of nitrogens with zero attached hydrogens (tertiary/aromatic N) is 1. The predicted molar refractivity (Wildman–Crippen MR) is 54.8 cm³/mol. The van der Waals surface area contributed by atoms with Crippen LogP contribution in [0.2, 0.25) is 0 Å². The van der Waals surface area contributed by atoms with Crippen molar-refractivity contribution < 1.29 is 23.8 Å². The molecule has 0 aliphatic carbocycles. The number of hydrogen-bond acceptors (Lipinski definition) is 3. The summed E-state index contributed by atoms with van der Waals surface area (Å²) in [7, 11) is 0. The first-order valence-electron chi connectivity index (χ1n) is 4.22. The van der Waals surface area contributed by atoms with Gasteiger partial charge in [0.1, 0.15) is 5.75 Å². The minimum absolute atomic E-state index is 0.0315.